The van der Waals surface area contributed by atoms with Crippen molar-refractivity contribution < 1.29 is 22.0 Å². The molecule has 0 saturated heterocycles. The topological polar surface area (TPSA) is 64.9 Å². The van der Waals surface area contributed by atoms with Gasteiger partial charge in [-0.05, 0) is 6.07 Å². The first kappa shape index (κ1) is 15.9. The van der Waals surface area contributed by atoms with Gasteiger partial charge in [0.2, 0.25) is 0 Å². The van der Waals surface area contributed by atoms with E-state index in [2.05, 4.69) is 4.98 Å². The highest BCUT2D eigenvalue weighted by Crippen LogP contribution is 2.43. The summed E-state index contributed by atoms with van der Waals surface area (Å²) in [6.07, 6.45) is -4.56. The van der Waals surface area contributed by atoms with Gasteiger partial charge in [-0.3, -0.25) is 0 Å². The average molecular weight is 278 g/mol. The molecule has 0 spiro atoms. The van der Waals surface area contributed by atoms with Crippen LogP contribution in [0, 0.1) is 0 Å². The first-order valence-electron chi connectivity index (χ1n) is 4.08. The van der Waals surface area contributed by atoms with Gasteiger partial charge in [-0.2, -0.15) is 22.0 Å². The third kappa shape index (κ3) is 2.95. The Morgan fingerprint density at radius 2 is 1.71 bits per heavy atom. The Morgan fingerprint density at radius 1 is 1.18 bits per heavy atom. The molecule has 1 heterocycles. The van der Waals surface area contributed by atoms with Crippen LogP contribution in [0.2, 0.25) is 0 Å². The average Bonchev–Trinajstić information content (AvgIpc) is 2.15. The molecule has 4 N–H and O–H groups in total. The van der Waals surface area contributed by atoms with E-state index in [0.717, 1.165) is 12.3 Å². The molecule has 0 saturated carbocycles. The Bertz CT molecular complexity index is 382. The summed E-state index contributed by atoms with van der Waals surface area (Å²) in [6, 6.07) is -0.411. The molecule has 0 amide bonds. The fraction of sp³-hybridized carbons (Fsp3) is 0.375. The van der Waals surface area contributed by atoms with Gasteiger partial charge in [0, 0.05) is 11.8 Å². The van der Waals surface area contributed by atoms with Gasteiger partial charge in [0.1, 0.15) is 11.9 Å². The smallest absolute Gasteiger partial charge is 0.383 e. The lowest BCUT2D eigenvalue weighted by molar-refractivity contribution is -0.290. The van der Waals surface area contributed by atoms with Gasteiger partial charge in [0.25, 0.3) is 0 Å². The van der Waals surface area contributed by atoms with Crippen molar-refractivity contribution in [3.8, 4) is 0 Å². The molecule has 3 nitrogen and oxygen atoms in total. The van der Waals surface area contributed by atoms with Gasteiger partial charge in [-0.25, -0.2) is 4.98 Å². The molecule has 0 bridgehead atoms. The number of halogens is 6. The quantitative estimate of drug-likeness (QED) is 0.815. The first-order valence-corrected chi connectivity index (χ1v) is 4.08. The summed E-state index contributed by atoms with van der Waals surface area (Å²) in [5.74, 6) is -5.50. The lowest BCUT2D eigenvalue weighted by atomic mass is 10.0. The Kier molecular flexibility index (Phi) is 4.67. The number of nitrogen functional groups attached to an aromatic ring is 1. The number of rotatable bonds is 2. The molecule has 9 heteroatoms. The summed E-state index contributed by atoms with van der Waals surface area (Å²) in [5.41, 5.74) is 9.50. The van der Waals surface area contributed by atoms with Crippen LogP contribution in [-0.2, 0) is 0 Å². The van der Waals surface area contributed by atoms with Crippen LogP contribution in [0.5, 0.6) is 0 Å². The summed E-state index contributed by atoms with van der Waals surface area (Å²) in [7, 11) is 0. The second-order valence-electron chi connectivity index (χ2n) is 3.08. The zero-order valence-electron chi connectivity index (χ0n) is 8.21. The van der Waals surface area contributed by atoms with Gasteiger partial charge < -0.3 is 11.5 Å². The van der Waals surface area contributed by atoms with Gasteiger partial charge in [0.15, 0.2) is 0 Å². The van der Waals surface area contributed by atoms with Crippen molar-refractivity contribution in [1.29, 1.82) is 0 Å². The largest absolute Gasteiger partial charge is 0.455 e. The lowest BCUT2D eigenvalue weighted by Gasteiger charge is -2.26. The Hall–Kier alpha value is -1.15. The third-order valence-corrected chi connectivity index (χ3v) is 1.97. The minimum atomic E-state index is -5.73. The molecule has 1 aromatic heterocycles. The highest BCUT2D eigenvalue weighted by Gasteiger charge is 2.62. The van der Waals surface area contributed by atoms with E-state index in [1.54, 1.807) is 0 Å². The van der Waals surface area contributed by atoms with Gasteiger partial charge in [-0.15, -0.1) is 12.4 Å². The molecule has 0 radical (unpaired) electrons. The van der Waals surface area contributed by atoms with E-state index in [9.17, 15) is 22.0 Å². The highest BCUT2D eigenvalue weighted by atomic mass is 35.5. The van der Waals surface area contributed by atoms with Crippen LogP contribution in [0.4, 0.5) is 27.8 Å². The normalized spacial score (nSPS) is 14.0. The van der Waals surface area contributed by atoms with Crippen LogP contribution in [-0.4, -0.2) is 17.1 Å². The van der Waals surface area contributed by atoms with Crippen molar-refractivity contribution in [2.75, 3.05) is 5.73 Å². The highest BCUT2D eigenvalue weighted by molar-refractivity contribution is 5.85. The van der Waals surface area contributed by atoms with Crippen molar-refractivity contribution in [3.63, 3.8) is 0 Å². The van der Waals surface area contributed by atoms with E-state index >= 15 is 0 Å². The summed E-state index contributed by atoms with van der Waals surface area (Å²) >= 11 is 0. The molecule has 0 unspecified atom stereocenters. The van der Waals surface area contributed by atoms with Crippen LogP contribution in [0.15, 0.2) is 18.3 Å². The maximum absolute atomic E-state index is 12.9. The monoisotopic (exact) mass is 277 g/mol. The number of aromatic nitrogens is 1. The van der Waals surface area contributed by atoms with E-state index in [-0.39, 0.29) is 12.4 Å². The van der Waals surface area contributed by atoms with E-state index in [0.29, 0.717) is 0 Å². The predicted octanol–water partition coefficient (Wildman–Crippen LogP) is 2.28. The molecule has 0 aromatic carbocycles. The van der Waals surface area contributed by atoms with Crippen LogP contribution < -0.4 is 11.5 Å². The molecule has 1 rings (SSSR count). The van der Waals surface area contributed by atoms with Crippen molar-refractivity contribution >= 4 is 18.2 Å². The zero-order chi connectivity index (χ0) is 12.6. The Labute approximate surface area is 99.4 Å². The number of alkyl halides is 5. The second kappa shape index (κ2) is 5.01. The zero-order valence-corrected chi connectivity index (χ0v) is 9.03. The number of hydrogen-bond donors (Lipinski definition) is 2. The molecule has 0 fully saturated rings. The van der Waals surface area contributed by atoms with Crippen LogP contribution >= 0.6 is 12.4 Å². The molecular weight excluding hydrogens is 269 g/mol. The molecule has 0 aliphatic carbocycles. The molecular formula is C8H9ClF5N3. The van der Waals surface area contributed by atoms with Gasteiger partial charge in [-0.1, -0.05) is 6.07 Å². The Balaban J connectivity index is 0.00000256. The van der Waals surface area contributed by atoms with Crippen molar-refractivity contribution in [1.82, 2.24) is 4.98 Å². The maximum Gasteiger partial charge on any atom is 0.455 e. The van der Waals surface area contributed by atoms with Gasteiger partial charge >= 0.3 is 12.1 Å². The summed E-state index contributed by atoms with van der Waals surface area (Å²) in [6.45, 7) is 0. The van der Waals surface area contributed by atoms with Crippen molar-refractivity contribution in [2.45, 2.75) is 18.1 Å². The van der Waals surface area contributed by atoms with E-state index in [4.69, 9.17) is 11.5 Å². The third-order valence-electron chi connectivity index (χ3n) is 1.97. The Morgan fingerprint density at radius 3 is 2.12 bits per heavy atom. The number of hydrogen-bond acceptors (Lipinski definition) is 3. The van der Waals surface area contributed by atoms with Crippen LogP contribution in [0.3, 0.4) is 0 Å². The van der Waals surface area contributed by atoms with E-state index in [1.807, 2.05) is 0 Å². The summed E-state index contributed by atoms with van der Waals surface area (Å²) < 4.78 is 61.7. The van der Waals surface area contributed by atoms with Gasteiger partial charge in [0.05, 0.1) is 0 Å². The lowest BCUT2D eigenvalue weighted by Crippen LogP contribution is -2.46. The first-order chi connectivity index (χ1) is 7.18. The fourth-order valence-electron chi connectivity index (χ4n) is 1.06. The molecule has 0 aliphatic heterocycles. The second-order valence-corrected chi connectivity index (χ2v) is 3.08. The predicted molar refractivity (Wildman–Crippen MR) is 53.8 cm³/mol. The van der Waals surface area contributed by atoms with Crippen LogP contribution in [0.25, 0.3) is 0 Å². The summed E-state index contributed by atoms with van der Waals surface area (Å²) in [4.78, 5) is 3.39. The SMILES string of the molecule is Cl.Nc1ncccc1[C@@H](N)C(F)(F)C(F)(F)F. The molecule has 1 atom stereocenters. The van der Waals surface area contributed by atoms with E-state index < -0.39 is 29.5 Å². The van der Waals surface area contributed by atoms with Crippen molar-refractivity contribution in [2.24, 2.45) is 5.73 Å². The summed E-state index contributed by atoms with van der Waals surface area (Å²) in [5, 5.41) is 0. The molecule has 17 heavy (non-hydrogen) atoms. The standard InChI is InChI=1S/C8H8F5N3.ClH/c9-7(10,8(11,12)13)5(14)4-2-1-3-16-6(4)15;/h1-3,5H,14H2,(H2,15,16);1H/t5-;/m1./s1. The van der Waals surface area contributed by atoms with E-state index in [1.165, 1.54) is 6.07 Å². The molecule has 1 aromatic rings. The fourth-order valence-corrected chi connectivity index (χ4v) is 1.06. The minimum Gasteiger partial charge on any atom is -0.383 e. The number of nitrogens with two attached hydrogens (primary N) is 2. The molecule has 98 valence electrons. The maximum atomic E-state index is 12.9. The van der Waals surface area contributed by atoms with Crippen molar-refractivity contribution in [3.05, 3.63) is 23.9 Å². The number of anilines is 1. The minimum absolute atomic E-state index is 0. The van der Waals surface area contributed by atoms with Crippen LogP contribution in [0.1, 0.15) is 11.6 Å². The molecule has 0 aliphatic rings. The number of nitrogens with zero attached hydrogens (tertiary/aromatic N) is 1. The number of pyridine rings is 1.